The van der Waals surface area contributed by atoms with E-state index in [4.69, 9.17) is 5.11 Å². The van der Waals surface area contributed by atoms with Crippen LogP contribution in [0.1, 0.15) is 24.0 Å². The molecule has 1 unspecified atom stereocenters. The molecule has 3 atom stereocenters. The van der Waals surface area contributed by atoms with Gasteiger partial charge in [-0.2, -0.15) is 0 Å². The average Bonchev–Trinajstić information content (AvgIpc) is 2.67. The van der Waals surface area contributed by atoms with Crippen LogP contribution in [0.15, 0.2) is 24.3 Å². The fraction of sp³-hybridized carbons (Fsp3) is 0.533. The van der Waals surface area contributed by atoms with Crippen LogP contribution in [-0.4, -0.2) is 35.6 Å². The molecule has 96 valence electrons. The number of likely N-dealkylation sites (tertiary alicyclic amines) is 1. The van der Waals surface area contributed by atoms with Crippen LogP contribution in [0.2, 0.25) is 0 Å². The minimum absolute atomic E-state index is 0.180. The van der Waals surface area contributed by atoms with Crippen LogP contribution < -0.4 is 0 Å². The molecule has 1 aromatic carbocycles. The number of aliphatic carboxylic acids is 1. The Labute approximate surface area is 107 Å². The van der Waals surface area contributed by atoms with Crippen molar-refractivity contribution in [3.8, 4) is 0 Å². The van der Waals surface area contributed by atoms with Gasteiger partial charge in [-0.1, -0.05) is 31.2 Å². The van der Waals surface area contributed by atoms with Crippen LogP contribution >= 0.6 is 0 Å². The Hall–Kier alpha value is -1.35. The molecule has 0 amide bonds. The number of hydrogen-bond acceptors (Lipinski definition) is 2. The van der Waals surface area contributed by atoms with E-state index in [2.05, 4.69) is 29.2 Å². The van der Waals surface area contributed by atoms with E-state index in [1.54, 1.807) is 0 Å². The van der Waals surface area contributed by atoms with E-state index in [0.29, 0.717) is 5.92 Å². The number of nitrogens with zero attached hydrogens (tertiary/aromatic N) is 1. The van der Waals surface area contributed by atoms with E-state index in [9.17, 15) is 4.79 Å². The van der Waals surface area contributed by atoms with Crippen LogP contribution in [0.4, 0.5) is 0 Å². The van der Waals surface area contributed by atoms with E-state index in [0.717, 1.165) is 26.1 Å². The van der Waals surface area contributed by atoms with E-state index in [-0.39, 0.29) is 11.8 Å². The van der Waals surface area contributed by atoms with Gasteiger partial charge in [0, 0.05) is 25.6 Å². The second-order valence-electron chi connectivity index (χ2n) is 5.74. The lowest BCUT2D eigenvalue weighted by Crippen LogP contribution is -2.32. The molecule has 18 heavy (non-hydrogen) atoms. The minimum atomic E-state index is -0.640. The zero-order valence-corrected chi connectivity index (χ0v) is 10.7. The number of carboxylic acids is 1. The summed E-state index contributed by atoms with van der Waals surface area (Å²) in [6.07, 6.45) is 1.15. The van der Waals surface area contributed by atoms with Gasteiger partial charge in [0.25, 0.3) is 0 Å². The summed E-state index contributed by atoms with van der Waals surface area (Å²) in [4.78, 5) is 13.4. The van der Waals surface area contributed by atoms with E-state index < -0.39 is 5.97 Å². The highest BCUT2D eigenvalue weighted by molar-refractivity contribution is 5.71. The largest absolute Gasteiger partial charge is 0.481 e. The second kappa shape index (κ2) is 4.39. The van der Waals surface area contributed by atoms with Crippen LogP contribution in [0, 0.1) is 11.8 Å². The van der Waals surface area contributed by atoms with Crippen molar-refractivity contribution in [3.63, 3.8) is 0 Å². The maximum atomic E-state index is 11.1. The number of carbonyl (C=O) groups is 1. The SMILES string of the molecule is C[C@@H]1CN(CC2Cc3ccccc32)C[C@H]1C(=O)O. The summed E-state index contributed by atoms with van der Waals surface area (Å²) in [5.74, 6) is 0.0677. The quantitative estimate of drug-likeness (QED) is 0.885. The minimum Gasteiger partial charge on any atom is -0.481 e. The molecule has 0 bridgehead atoms. The van der Waals surface area contributed by atoms with Crippen molar-refractivity contribution in [3.05, 3.63) is 35.4 Å². The summed E-state index contributed by atoms with van der Waals surface area (Å²) in [5.41, 5.74) is 2.92. The fourth-order valence-electron chi connectivity index (χ4n) is 3.37. The number of hydrogen-bond donors (Lipinski definition) is 1. The van der Waals surface area contributed by atoms with Crippen LogP contribution in [0.3, 0.4) is 0 Å². The van der Waals surface area contributed by atoms with Gasteiger partial charge in [-0.3, -0.25) is 4.79 Å². The molecular weight excluding hydrogens is 226 g/mol. The fourth-order valence-corrected chi connectivity index (χ4v) is 3.37. The summed E-state index contributed by atoms with van der Waals surface area (Å²) in [5, 5.41) is 9.14. The molecule has 3 rings (SSSR count). The molecule has 3 heteroatoms. The third kappa shape index (κ3) is 1.93. The lowest BCUT2D eigenvalue weighted by atomic mass is 9.77. The van der Waals surface area contributed by atoms with E-state index in [1.165, 1.54) is 11.1 Å². The Morgan fingerprint density at radius 2 is 2.17 bits per heavy atom. The van der Waals surface area contributed by atoms with Crippen LogP contribution in [-0.2, 0) is 11.2 Å². The van der Waals surface area contributed by atoms with Crippen molar-refractivity contribution in [1.82, 2.24) is 4.90 Å². The Bertz CT molecular complexity index is 471. The maximum absolute atomic E-state index is 11.1. The molecule has 0 radical (unpaired) electrons. The smallest absolute Gasteiger partial charge is 0.308 e. The molecule has 0 saturated carbocycles. The summed E-state index contributed by atoms with van der Waals surface area (Å²) < 4.78 is 0. The monoisotopic (exact) mass is 245 g/mol. The first-order valence-corrected chi connectivity index (χ1v) is 6.68. The van der Waals surface area contributed by atoms with Gasteiger partial charge < -0.3 is 10.0 Å². The van der Waals surface area contributed by atoms with Crippen molar-refractivity contribution < 1.29 is 9.90 Å². The van der Waals surface area contributed by atoms with Gasteiger partial charge >= 0.3 is 5.97 Å². The molecule has 1 aliphatic carbocycles. The summed E-state index contributed by atoms with van der Waals surface area (Å²) in [6.45, 7) is 4.71. The van der Waals surface area contributed by atoms with Gasteiger partial charge in [0.2, 0.25) is 0 Å². The summed E-state index contributed by atoms with van der Waals surface area (Å²) >= 11 is 0. The number of fused-ring (bicyclic) bond motifs is 1. The topological polar surface area (TPSA) is 40.5 Å². The standard InChI is InChI=1S/C15H19NO2/c1-10-7-16(9-14(10)15(17)18)8-12-6-11-4-2-3-5-13(11)12/h2-5,10,12,14H,6-9H2,1H3,(H,17,18)/t10-,12?,14-/m1/s1. The van der Waals surface area contributed by atoms with Gasteiger partial charge in [-0.25, -0.2) is 0 Å². The van der Waals surface area contributed by atoms with Gasteiger partial charge in [0.15, 0.2) is 0 Å². The van der Waals surface area contributed by atoms with Crippen molar-refractivity contribution >= 4 is 5.97 Å². The highest BCUT2D eigenvalue weighted by Gasteiger charge is 2.37. The normalized spacial score (nSPS) is 30.8. The molecule has 0 spiro atoms. The molecule has 1 aromatic rings. The molecule has 3 nitrogen and oxygen atoms in total. The van der Waals surface area contributed by atoms with Crippen molar-refractivity contribution in [2.24, 2.45) is 11.8 Å². The first kappa shape index (κ1) is 11.7. The molecule has 2 aliphatic rings. The predicted molar refractivity (Wildman–Crippen MR) is 69.6 cm³/mol. The molecule has 1 heterocycles. The molecule has 1 N–H and O–H groups in total. The van der Waals surface area contributed by atoms with Gasteiger partial charge in [0.05, 0.1) is 5.92 Å². The number of benzene rings is 1. The Balaban J connectivity index is 1.62. The molecule has 1 aliphatic heterocycles. The first-order chi connectivity index (χ1) is 8.65. The van der Waals surface area contributed by atoms with Crippen LogP contribution in [0.25, 0.3) is 0 Å². The van der Waals surface area contributed by atoms with E-state index in [1.807, 2.05) is 6.92 Å². The molecule has 1 fully saturated rings. The summed E-state index contributed by atoms with van der Waals surface area (Å²) in [7, 11) is 0. The van der Waals surface area contributed by atoms with Gasteiger partial charge in [-0.15, -0.1) is 0 Å². The number of rotatable bonds is 3. The van der Waals surface area contributed by atoms with Gasteiger partial charge in [-0.05, 0) is 23.5 Å². The van der Waals surface area contributed by atoms with Crippen LogP contribution in [0.5, 0.6) is 0 Å². The third-order valence-electron chi connectivity index (χ3n) is 4.44. The lowest BCUT2D eigenvalue weighted by molar-refractivity contribution is -0.142. The third-order valence-corrected chi connectivity index (χ3v) is 4.44. The summed E-state index contributed by atoms with van der Waals surface area (Å²) in [6, 6.07) is 8.58. The Morgan fingerprint density at radius 1 is 1.39 bits per heavy atom. The Kier molecular flexibility index (Phi) is 2.86. The van der Waals surface area contributed by atoms with E-state index >= 15 is 0 Å². The van der Waals surface area contributed by atoms with Gasteiger partial charge in [0.1, 0.15) is 0 Å². The highest BCUT2D eigenvalue weighted by Crippen LogP contribution is 2.36. The lowest BCUT2D eigenvalue weighted by Gasteiger charge is -2.33. The Morgan fingerprint density at radius 3 is 2.83 bits per heavy atom. The predicted octanol–water partition coefficient (Wildman–Crippen LogP) is 1.98. The molecule has 1 saturated heterocycles. The number of carboxylic acid groups (broad SMARTS) is 1. The van der Waals surface area contributed by atoms with Crippen molar-refractivity contribution in [1.29, 1.82) is 0 Å². The van der Waals surface area contributed by atoms with Crippen molar-refractivity contribution in [2.45, 2.75) is 19.3 Å². The average molecular weight is 245 g/mol. The zero-order valence-electron chi connectivity index (χ0n) is 10.7. The maximum Gasteiger partial charge on any atom is 0.308 e. The first-order valence-electron chi connectivity index (χ1n) is 6.68. The van der Waals surface area contributed by atoms with Crippen molar-refractivity contribution in [2.75, 3.05) is 19.6 Å². The molecule has 0 aromatic heterocycles. The second-order valence-corrected chi connectivity index (χ2v) is 5.74. The molecular formula is C15H19NO2. The zero-order chi connectivity index (χ0) is 12.7. The highest BCUT2D eigenvalue weighted by atomic mass is 16.4.